The van der Waals surface area contributed by atoms with Crippen molar-refractivity contribution < 1.29 is 15.0 Å². The lowest BCUT2D eigenvalue weighted by Gasteiger charge is -2.19. The predicted octanol–water partition coefficient (Wildman–Crippen LogP) is 20.0. The molecule has 0 saturated carbocycles. The van der Waals surface area contributed by atoms with Crippen molar-refractivity contribution in [1.82, 2.24) is 5.32 Å². The third kappa shape index (κ3) is 53.6. The number of amides is 1. The Morgan fingerprint density at radius 2 is 0.591 bits per heavy atom. The molecule has 390 valence electrons. The minimum atomic E-state index is -0.861. The van der Waals surface area contributed by atoms with E-state index < -0.39 is 12.1 Å². The Kier molecular flexibility index (Phi) is 56.7. The molecule has 3 N–H and O–H groups in total. The van der Waals surface area contributed by atoms with Gasteiger partial charge in [0.1, 0.15) is 0 Å². The molecule has 0 spiro atoms. The molecule has 0 aliphatic carbocycles. The van der Waals surface area contributed by atoms with E-state index in [1.54, 1.807) is 6.08 Å². The average Bonchev–Trinajstić information content (AvgIpc) is 3.32. The first-order valence-electron chi connectivity index (χ1n) is 30.2. The van der Waals surface area contributed by atoms with Crippen molar-refractivity contribution in [3.63, 3.8) is 0 Å². The molecule has 0 radical (unpaired) electrons. The molecule has 0 bridgehead atoms. The van der Waals surface area contributed by atoms with Crippen LogP contribution >= 0.6 is 0 Å². The summed E-state index contributed by atoms with van der Waals surface area (Å²) in [5, 5.41) is 23.1. The van der Waals surface area contributed by atoms with Gasteiger partial charge in [-0.1, -0.05) is 307 Å². The first-order valence-corrected chi connectivity index (χ1v) is 30.2. The Bertz CT molecular complexity index is 1010. The van der Waals surface area contributed by atoms with Crippen molar-refractivity contribution in [2.75, 3.05) is 6.61 Å². The molecule has 0 heterocycles. The number of aliphatic hydroxyl groups excluding tert-OH is 2. The lowest BCUT2D eigenvalue weighted by Crippen LogP contribution is -2.45. The highest BCUT2D eigenvalue weighted by Gasteiger charge is 2.18. The van der Waals surface area contributed by atoms with Crippen LogP contribution in [0.25, 0.3) is 0 Å². The molecule has 2 atom stereocenters. The summed E-state index contributed by atoms with van der Waals surface area (Å²) < 4.78 is 0. The van der Waals surface area contributed by atoms with Gasteiger partial charge in [0, 0.05) is 6.42 Å². The minimum Gasteiger partial charge on any atom is -0.394 e. The van der Waals surface area contributed by atoms with Gasteiger partial charge in [0.2, 0.25) is 5.91 Å². The Morgan fingerprint density at radius 3 is 0.879 bits per heavy atom. The van der Waals surface area contributed by atoms with E-state index in [2.05, 4.69) is 43.5 Å². The van der Waals surface area contributed by atoms with Crippen LogP contribution in [-0.2, 0) is 4.79 Å². The van der Waals surface area contributed by atoms with Crippen LogP contribution in [0.4, 0.5) is 0 Å². The molecule has 0 aliphatic heterocycles. The number of unbranched alkanes of at least 4 members (excludes halogenated alkanes) is 45. The second kappa shape index (κ2) is 57.9. The van der Waals surface area contributed by atoms with E-state index in [0.717, 1.165) is 32.1 Å². The smallest absolute Gasteiger partial charge is 0.220 e. The van der Waals surface area contributed by atoms with Gasteiger partial charge in [0.25, 0.3) is 0 Å². The van der Waals surface area contributed by atoms with Crippen LogP contribution in [0.5, 0.6) is 0 Å². The molecule has 2 unspecified atom stereocenters. The zero-order valence-electron chi connectivity index (χ0n) is 45.0. The van der Waals surface area contributed by atoms with Crippen LogP contribution in [-0.4, -0.2) is 34.9 Å². The standard InChI is InChI=1S/C62H119NO3/c1-3-5-7-9-11-13-15-17-19-21-23-24-25-26-27-28-29-30-31-32-33-34-35-36-37-38-40-42-44-46-48-50-52-54-56-58-62(66)63-60(59-64)61(65)57-55-53-51-49-47-45-43-41-39-22-20-18-16-14-12-10-8-6-4-2/h28-29,47,49,55,57,60-61,64-65H,3-27,30-46,48,50-54,56,58-59H2,1-2H3,(H,63,66)/b29-28-,49-47+,57-55+. The van der Waals surface area contributed by atoms with Gasteiger partial charge in [-0.3, -0.25) is 4.79 Å². The van der Waals surface area contributed by atoms with E-state index in [1.807, 2.05) is 6.08 Å². The molecule has 1 amide bonds. The molecular formula is C62H119NO3. The summed E-state index contributed by atoms with van der Waals surface area (Å²) >= 11 is 0. The van der Waals surface area contributed by atoms with Gasteiger partial charge in [-0.05, 0) is 57.8 Å². The van der Waals surface area contributed by atoms with Crippen LogP contribution in [0.3, 0.4) is 0 Å². The van der Waals surface area contributed by atoms with Crippen molar-refractivity contribution in [1.29, 1.82) is 0 Å². The van der Waals surface area contributed by atoms with Gasteiger partial charge >= 0.3 is 0 Å². The lowest BCUT2D eigenvalue weighted by atomic mass is 10.0. The monoisotopic (exact) mass is 926 g/mol. The molecule has 66 heavy (non-hydrogen) atoms. The normalized spacial score (nSPS) is 13.0. The maximum atomic E-state index is 12.5. The van der Waals surface area contributed by atoms with Gasteiger partial charge in [-0.25, -0.2) is 0 Å². The third-order valence-electron chi connectivity index (χ3n) is 14.1. The van der Waals surface area contributed by atoms with Gasteiger partial charge in [-0.15, -0.1) is 0 Å². The summed E-state index contributed by atoms with van der Waals surface area (Å²) in [7, 11) is 0. The van der Waals surface area contributed by atoms with E-state index in [-0.39, 0.29) is 12.5 Å². The van der Waals surface area contributed by atoms with Crippen molar-refractivity contribution in [3.8, 4) is 0 Å². The number of carbonyl (C=O) groups is 1. The molecule has 4 heteroatoms. The van der Waals surface area contributed by atoms with Gasteiger partial charge in [0.05, 0.1) is 18.8 Å². The number of allylic oxidation sites excluding steroid dienone is 5. The molecule has 0 aliphatic rings. The van der Waals surface area contributed by atoms with Gasteiger partial charge in [-0.2, -0.15) is 0 Å². The topological polar surface area (TPSA) is 69.6 Å². The molecule has 0 fully saturated rings. The van der Waals surface area contributed by atoms with Crippen LogP contribution < -0.4 is 5.32 Å². The zero-order valence-corrected chi connectivity index (χ0v) is 45.0. The van der Waals surface area contributed by atoms with Gasteiger partial charge < -0.3 is 15.5 Å². The second-order valence-electron chi connectivity index (χ2n) is 20.8. The predicted molar refractivity (Wildman–Crippen MR) is 295 cm³/mol. The molecule has 0 aromatic carbocycles. The Balaban J connectivity index is 3.44. The fourth-order valence-electron chi connectivity index (χ4n) is 9.49. The Morgan fingerprint density at radius 1 is 0.348 bits per heavy atom. The average molecular weight is 927 g/mol. The Labute approximate surface area is 414 Å². The van der Waals surface area contributed by atoms with Crippen LogP contribution in [0.1, 0.15) is 335 Å². The third-order valence-corrected chi connectivity index (χ3v) is 14.1. The van der Waals surface area contributed by atoms with E-state index in [1.165, 1.54) is 283 Å². The number of rotatable bonds is 56. The summed E-state index contributed by atoms with van der Waals surface area (Å²) in [5.74, 6) is -0.0682. The summed E-state index contributed by atoms with van der Waals surface area (Å²) in [4.78, 5) is 12.5. The summed E-state index contributed by atoms with van der Waals surface area (Å²) in [6.07, 6.45) is 79.1. The molecule has 0 rings (SSSR count). The number of nitrogens with one attached hydrogen (secondary N) is 1. The SMILES string of the molecule is CCCCCCCCCCCCCCC/C=C/CC/C=C/C(O)C(CO)NC(=O)CCCCCCCCCCCCCCCCCCC/C=C\CCCCCCCCCCCCCCCC. The van der Waals surface area contributed by atoms with Crippen LogP contribution in [0.15, 0.2) is 36.5 Å². The minimum absolute atomic E-state index is 0.0682. The fraction of sp³-hybridized carbons (Fsp3) is 0.887. The summed E-state index contributed by atoms with van der Waals surface area (Å²) in [5.41, 5.74) is 0. The van der Waals surface area contributed by atoms with Crippen LogP contribution in [0, 0.1) is 0 Å². The molecule has 0 aromatic rings. The number of hydrogen-bond acceptors (Lipinski definition) is 3. The first-order chi connectivity index (χ1) is 32.7. The first kappa shape index (κ1) is 64.6. The second-order valence-corrected chi connectivity index (χ2v) is 20.8. The molecule has 0 saturated heterocycles. The highest BCUT2D eigenvalue weighted by molar-refractivity contribution is 5.76. The largest absolute Gasteiger partial charge is 0.394 e. The number of aliphatic hydroxyl groups is 2. The Hall–Kier alpha value is -1.39. The number of hydrogen-bond donors (Lipinski definition) is 3. The highest BCUT2D eigenvalue weighted by Crippen LogP contribution is 2.17. The van der Waals surface area contributed by atoms with Crippen molar-refractivity contribution >= 4 is 5.91 Å². The molecule has 4 nitrogen and oxygen atoms in total. The van der Waals surface area contributed by atoms with Crippen LogP contribution in [0.2, 0.25) is 0 Å². The molecule has 0 aromatic heterocycles. The highest BCUT2D eigenvalue weighted by atomic mass is 16.3. The zero-order chi connectivity index (χ0) is 47.7. The van der Waals surface area contributed by atoms with Crippen molar-refractivity contribution in [2.24, 2.45) is 0 Å². The number of carbonyl (C=O) groups excluding carboxylic acids is 1. The summed E-state index contributed by atoms with van der Waals surface area (Å²) in [6.45, 7) is 4.33. The van der Waals surface area contributed by atoms with E-state index in [4.69, 9.17) is 0 Å². The summed E-state index contributed by atoms with van der Waals surface area (Å²) in [6, 6.07) is -0.638. The van der Waals surface area contributed by atoms with E-state index in [9.17, 15) is 15.0 Å². The van der Waals surface area contributed by atoms with Gasteiger partial charge in [0.15, 0.2) is 0 Å². The fourth-order valence-corrected chi connectivity index (χ4v) is 9.49. The molecular weight excluding hydrogens is 807 g/mol. The quantitative estimate of drug-likeness (QED) is 0.0420. The maximum Gasteiger partial charge on any atom is 0.220 e. The lowest BCUT2D eigenvalue weighted by molar-refractivity contribution is -0.123. The maximum absolute atomic E-state index is 12.5. The van der Waals surface area contributed by atoms with E-state index in [0.29, 0.717) is 6.42 Å². The van der Waals surface area contributed by atoms with Crippen molar-refractivity contribution in [3.05, 3.63) is 36.5 Å². The van der Waals surface area contributed by atoms with E-state index >= 15 is 0 Å². The van der Waals surface area contributed by atoms with Crippen molar-refractivity contribution in [2.45, 2.75) is 347 Å².